The quantitative estimate of drug-likeness (QED) is 0.697. The van der Waals surface area contributed by atoms with E-state index in [1.165, 1.54) is 6.92 Å². The van der Waals surface area contributed by atoms with E-state index in [0.717, 1.165) is 5.56 Å². The fourth-order valence-electron chi connectivity index (χ4n) is 2.10. The second kappa shape index (κ2) is 8.42. The first-order valence-corrected chi connectivity index (χ1v) is 7.16. The van der Waals surface area contributed by atoms with Crippen LogP contribution in [0.25, 0.3) is 0 Å². The van der Waals surface area contributed by atoms with Gasteiger partial charge in [0.1, 0.15) is 6.04 Å². The monoisotopic (exact) mass is 292 g/mol. The van der Waals surface area contributed by atoms with Crippen LogP contribution in [0.4, 0.5) is 0 Å². The molecule has 21 heavy (non-hydrogen) atoms. The van der Waals surface area contributed by atoms with Crippen LogP contribution in [0.15, 0.2) is 30.3 Å². The van der Waals surface area contributed by atoms with Gasteiger partial charge in [0, 0.05) is 6.92 Å². The summed E-state index contributed by atoms with van der Waals surface area (Å²) in [5.74, 6) is -0.535. The molecule has 5 nitrogen and oxygen atoms in total. The Bertz CT molecular complexity index is 460. The van der Waals surface area contributed by atoms with Gasteiger partial charge in [-0.25, -0.2) is 0 Å². The summed E-state index contributed by atoms with van der Waals surface area (Å²) in [4.78, 5) is 23.4. The average Bonchev–Trinajstić information content (AvgIpc) is 2.44. The van der Waals surface area contributed by atoms with Crippen molar-refractivity contribution in [2.45, 2.75) is 39.3 Å². The first-order valence-electron chi connectivity index (χ1n) is 7.16. The Hall–Kier alpha value is -1.88. The maximum Gasteiger partial charge on any atom is 0.243 e. The molecule has 2 atom stereocenters. The van der Waals surface area contributed by atoms with Crippen molar-refractivity contribution in [3.63, 3.8) is 0 Å². The topological polar surface area (TPSA) is 78.4 Å². The van der Waals surface area contributed by atoms with Crippen LogP contribution in [0, 0.1) is 5.92 Å². The lowest BCUT2D eigenvalue weighted by atomic mass is 10.0. The third-order valence-corrected chi connectivity index (χ3v) is 3.20. The van der Waals surface area contributed by atoms with Crippen molar-refractivity contribution in [1.29, 1.82) is 0 Å². The number of amides is 2. The van der Waals surface area contributed by atoms with Crippen molar-refractivity contribution >= 4 is 11.8 Å². The van der Waals surface area contributed by atoms with Crippen molar-refractivity contribution in [1.82, 2.24) is 10.6 Å². The van der Waals surface area contributed by atoms with Crippen LogP contribution in [0.1, 0.15) is 26.3 Å². The first kappa shape index (κ1) is 17.2. The molecule has 0 aliphatic carbocycles. The van der Waals surface area contributed by atoms with Crippen LogP contribution < -0.4 is 10.6 Å². The molecule has 1 rings (SSSR count). The predicted molar refractivity (Wildman–Crippen MR) is 81.6 cm³/mol. The number of benzene rings is 1. The number of aliphatic hydroxyl groups is 1. The third-order valence-electron chi connectivity index (χ3n) is 3.20. The summed E-state index contributed by atoms with van der Waals surface area (Å²) >= 11 is 0. The third kappa shape index (κ3) is 5.95. The molecule has 116 valence electrons. The SMILES string of the molecule is CC(=O)NC(C(=O)NC(CO)Cc1ccccc1)C(C)C. The smallest absolute Gasteiger partial charge is 0.243 e. The first-order chi connectivity index (χ1) is 9.93. The van der Waals surface area contributed by atoms with E-state index < -0.39 is 6.04 Å². The van der Waals surface area contributed by atoms with Gasteiger partial charge in [0.15, 0.2) is 0 Å². The van der Waals surface area contributed by atoms with E-state index in [0.29, 0.717) is 6.42 Å². The largest absolute Gasteiger partial charge is 0.394 e. The van der Waals surface area contributed by atoms with Gasteiger partial charge in [-0.15, -0.1) is 0 Å². The highest BCUT2D eigenvalue weighted by molar-refractivity contribution is 5.87. The van der Waals surface area contributed by atoms with E-state index in [4.69, 9.17) is 0 Å². The summed E-state index contributed by atoms with van der Waals surface area (Å²) in [5.41, 5.74) is 1.04. The van der Waals surface area contributed by atoms with Gasteiger partial charge < -0.3 is 15.7 Å². The molecule has 0 saturated carbocycles. The molecule has 0 fully saturated rings. The minimum atomic E-state index is -0.590. The zero-order valence-electron chi connectivity index (χ0n) is 12.8. The summed E-state index contributed by atoms with van der Waals surface area (Å²) < 4.78 is 0. The molecule has 0 radical (unpaired) electrons. The molecule has 0 spiro atoms. The molecule has 0 aromatic heterocycles. The van der Waals surface area contributed by atoms with E-state index in [-0.39, 0.29) is 30.4 Å². The van der Waals surface area contributed by atoms with Crippen molar-refractivity contribution < 1.29 is 14.7 Å². The normalized spacial score (nSPS) is 13.6. The van der Waals surface area contributed by atoms with Crippen molar-refractivity contribution in [2.24, 2.45) is 5.92 Å². The Kier molecular flexibility index (Phi) is 6.88. The Morgan fingerprint density at radius 3 is 2.24 bits per heavy atom. The highest BCUT2D eigenvalue weighted by Gasteiger charge is 2.24. The predicted octanol–water partition coefficient (Wildman–Crippen LogP) is 0.867. The molecule has 0 bridgehead atoms. The molecule has 2 amide bonds. The van der Waals surface area contributed by atoms with Crippen LogP contribution >= 0.6 is 0 Å². The number of aliphatic hydroxyl groups excluding tert-OH is 1. The molecule has 1 aromatic carbocycles. The van der Waals surface area contributed by atoms with Gasteiger partial charge in [-0.05, 0) is 17.9 Å². The summed E-state index contributed by atoms with van der Waals surface area (Å²) in [7, 11) is 0. The number of carbonyl (C=O) groups excluding carboxylic acids is 2. The van der Waals surface area contributed by atoms with E-state index in [2.05, 4.69) is 10.6 Å². The second-order valence-corrected chi connectivity index (χ2v) is 5.50. The fraction of sp³-hybridized carbons (Fsp3) is 0.500. The molecule has 5 heteroatoms. The number of hydrogen-bond acceptors (Lipinski definition) is 3. The Morgan fingerprint density at radius 1 is 1.14 bits per heavy atom. The van der Waals surface area contributed by atoms with Crippen LogP contribution in [-0.4, -0.2) is 35.6 Å². The van der Waals surface area contributed by atoms with Crippen molar-refractivity contribution in [2.75, 3.05) is 6.61 Å². The maximum atomic E-state index is 12.2. The van der Waals surface area contributed by atoms with Gasteiger partial charge in [-0.2, -0.15) is 0 Å². The van der Waals surface area contributed by atoms with E-state index in [1.54, 1.807) is 0 Å². The second-order valence-electron chi connectivity index (χ2n) is 5.50. The maximum absolute atomic E-state index is 12.2. The fourth-order valence-corrected chi connectivity index (χ4v) is 2.10. The summed E-state index contributed by atoms with van der Waals surface area (Å²) in [6.45, 7) is 4.97. The average molecular weight is 292 g/mol. The van der Waals surface area contributed by atoms with E-state index in [1.807, 2.05) is 44.2 Å². The summed E-state index contributed by atoms with van der Waals surface area (Å²) in [5, 5.41) is 14.9. The van der Waals surface area contributed by atoms with Gasteiger partial charge in [-0.3, -0.25) is 9.59 Å². The summed E-state index contributed by atoms with van der Waals surface area (Å²) in [6, 6.07) is 8.69. The minimum Gasteiger partial charge on any atom is -0.394 e. The van der Waals surface area contributed by atoms with Crippen LogP contribution in [-0.2, 0) is 16.0 Å². The van der Waals surface area contributed by atoms with Crippen LogP contribution in [0.3, 0.4) is 0 Å². The lowest BCUT2D eigenvalue weighted by Crippen LogP contribution is -2.52. The molecule has 2 unspecified atom stereocenters. The van der Waals surface area contributed by atoms with Gasteiger partial charge in [0.25, 0.3) is 0 Å². The Labute approximate surface area is 125 Å². The molecule has 3 N–H and O–H groups in total. The lowest BCUT2D eigenvalue weighted by molar-refractivity contribution is -0.129. The highest BCUT2D eigenvalue weighted by atomic mass is 16.3. The van der Waals surface area contributed by atoms with Gasteiger partial charge in [0.05, 0.1) is 12.6 Å². The van der Waals surface area contributed by atoms with Gasteiger partial charge in [0.2, 0.25) is 11.8 Å². The van der Waals surface area contributed by atoms with Crippen molar-refractivity contribution in [3.8, 4) is 0 Å². The molecule has 0 aliphatic heterocycles. The van der Waals surface area contributed by atoms with Gasteiger partial charge in [-0.1, -0.05) is 44.2 Å². The molecule has 1 aromatic rings. The molecular formula is C16H24N2O3. The number of nitrogens with one attached hydrogen (secondary N) is 2. The zero-order valence-corrected chi connectivity index (χ0v) is 12.8. The van der Waals surface area contributed by atoms with E-state index in [9.17, 15) is 14.7 Å². The lowest BCUT2D eigenvalue weighted by Gasteiger charge is -2.24. The van der Waals surface area contributed by atoms with Crippen LogP contribution in [0.2, 0.25) is 0 Å². The molecule has 0 heterocycles. The molecular weight excluding hydrogens is 268 g/mol. The number of rotatable bonds is 7. The standard InChI is InChI=1S/C16H24N2O3/c1-11(2)15(17-12(3)20)16(21)18-14(10-19)9-13-7-5-4-6-8-13/h4-8,11,14-15,19H,9-10H2,1-3H3,(H,17,20)(H,18,21). The Morgan fingerprint density at radius 2 is 1.76 bits per heavy atom. The summed E-state index contributed by atoms with van der Waals surface area (Å²) in [6.07, 6.45) is 0.550. The molecule has 0 saturated heterocycles. The Balaban J connectivity index is 2.66. The van der Waals surface area contributed by atoms with E-state index >= 15 is 0 Å². The van der Waals surface area contributed by atoms with Crippen molar-refractivity contribution in [3.05, 3.63) is 35.9 Å². The number of carbonyl (C=O) groups is 2. The zero-order chi connectivity index (χ0) is 15.8. The minimum absolute atomic E-state index is 0.0232. The van der Waals surface area contributed by atoms with Crippen LogP contribution in [0.5, 0.6) is 0 Å². The number of hydrogen-bond donors (Lipinski definition) is 3. The van der Waals surface area contributed by atoms with Gasteiger partial charge >= 0.3 is 0 Å². The molecule has 0 aliphatic rings. The highest BCUT2D eigenvalue weighted by Crippen LogP contribution is 2.06.